The van der Waals surface area contributed by atoms with Gasteiger partial charge in [-0.2, -0.15) is 10.1 Å². The summed E-state index contributed by atoms with van der Waals surface area (Å²) in [7, 11) is 0. The van der Waals surface area contributed by atoms with Gasteiger partial charge in [-0.1, -0.05) is 16.8 Å². The third-order valence-electron chi connectivity index (χ3n) is 4.13. The van der Waals surface area contributed by atoms with Gasteiger partial charge in [0.05, 0.1) is 5.02 Å². The standard InChI is InChI=1S/C16H16ClN5O2/c17-13-9-18-5-2-11(13)8-14-20-16(24-21-14)15-12(3-7-23-15)10-22-6-1-4-19-22/h1-2,4-6,9,12,15H,3,7-8,10H2/t12-,15-/m0/s1. The van der Waals surface area contributed by atoms with Gasteiger partial charge in [-0.3, -0.25) is 9.67 Å². The van der Waals surface area contributed by atoms with E-state index in [0.29, 0.717) is 29.8 Å². The van der Waals surface area contributed by atoms with Crippen molar-refractivity contribution in [3.63, 3.8) is 0 Å². The number of pyridine rings is 1. The maximum absolute atomic E-state index is 6.13. The van der Waals surface area contributed by atoms with Crippen LogP contribution in [0.2, 0.25) is 5.02 Å². The van der Waals surface area contributed by atoms with Crippen molar-refractivity contribution < 1.29 is 9.26 Å². The highest BCUT2D eigenvalue weighted by atomic mass is 35.5. The molecule has 7 nitrogen and oxygen atoms in total. The van der Waals surface area contributed by atoms with Crippen molar-refractivity contribution in [2.24, 2.45) is 5.92 Å². The van der Waals surface area contributed by atoms with Crippen LogP contribution in [0.1, 0.15) is 29.8 Å². The van der Waals surface area contributed by atoms with E-state index in [4.69, 9.17) is 20.9 Å². The SMILES string of the molecule is Clc1cnccc1Cc1noc([C@H]2OCC[C@H]2Cn2cccn2)n1. The summed E-state index contributed by atoms with van der Waals surface area (Å²) in [6.07, 6.45) is 8.28. The largest absolute Gasteiger partial charge is 0.368 e. The summed E-state index contributed by atoms with van der Waals surface area (Å²) >= 11 is 6.13. The van der Waals surface area contributed by atoms with E-state index in [2.05, 4.69) is 20.2 Å². The second-order valence-corrected chi connectivity index (χ2v) is 6.17. The third-order valence-corrected chi connectivity index (χ3v) is 4.47. The minimum atomic E-state index is -0.191. The van der Waals surface area contributed by atoms with Gasteiger partial charge in [0.2, 0.25) is 0 Å². The van der Waals surface area contributed by atoms with Crippen molar-refractivity contribution in [3.8, 4) is 0 Å². The van der Waals surface area contributed by atoms with E-state index in [1.165, 1.54) is 0 Å². The molecule has 0 saturated carbocycles. The zero-order valence-electron chi connectivity index (χ0n) is 12.9. The Hall–Kier alpha value is -2.25. The first-order valence-electron chi connectivity index (χ1n) is 7.79. The molecule has 3 aromatic rings. The summed E-state index contributed by atoms with van der Waals surface area (Å²) in [6, 6.07) is 3.76. The Bertz CT molecular complexity index is 804. The van der Waals surface area contributed by atoms with Crippen LogP contribution in [0, 0.1) is 5.92 Å². The average molecular weight is 346 g/mol. The van der Waals surface area contributed by atoms with Crippen LogP contribution in [0.25, 0.3) is 0 Å². The highest BCUT2D eigenvalue weighted by molar-refractivity contribution is 6.31. The lowest BCUT2D eigenvalue weighted by atomic mass is 10.0. The van der Waals surface area contributed by atoms with Gasteiger partial charge in [0.25, 0.3) is 5.89 Å². The van der Waals surface area contributed by atoms with Gasteiger partial charge in [-0.15, -0.1) is 0 Å². The summed E-state index contributed by atoms with van der Waals surface area (Å²) in [5.41, 5.74) is 0.916. The van der Waals surface area contributed by atoms with Gasteiger partial charge >= 0.3 is 0 Å². The fourth-order valence-electron chi connectivity index (χ4n) is 2.92. The quantitative estimate of drug-likeness (QED) is 0.707. The molecule has 0 spiro atoms. The van der Waals surface area contributed by atoms with Crippen LogP contribution in [-0.4, -0.2) is 31.5 Å². The number of hydrogen-bond acceptors (Lipinski definition) is 6. The van der Waals surface area contributed by atoms with E-state index in [-0.39, 0.29) is 12.0 Å². The average Bonchev–Trinajstić information content (AvgIpc) is 3.32. The summed E-state index contributed by atoms with van der Waals surface area (Å²) < 4.78 is 13.2. The van der Waals surface area contributed by atoms with Crippen LogP contribution in [-0.2, 0) is 17.7 Å². The molecule has 2 atom stereocenters. The Morgan fingerprint density at radius 3 is 3.12 bits per heavy atom. The first-order chi connectivity index (χ1) is 11.8. The van der Waals surface area contributed by atoms with Crippen LogP contribution in [0.5, 0.6) is 0 Å². The number of aromatic nitrogens is 5. The first-order valence-corrected chi connectivity index (χ1v) is 8.17. The van der Waals surface area contributed by atoms with E-state index in [1.807, 2.05) is 23.0 Å². The summed E-state index contributed by atoms with van der Waals surface area (Å²) in [5.74, 6) is 1.37. The Kier molecular flexibility index (Phi) is 4.27. The second-order valence-electron chi connectivity index (χ2n) is 5.76. The van der Waals surface area contributed by atoms with Crippen molar-refractivity contribution in [2.75, 3.05) is 6.61 Å². The van der Waals surface area contributed by atoms with E-state index in [1.54, 1.807) is 18.6 Å². The Balaban J connectivity index is 1.48. The van der Waals surface area contributed by atoms with Crippen molar-refractivity contribution >= 4 is 11.6 Å². The molecule has 0 bridgehead atoms. The molecule has 0 N–H and O–H groups in total. The molecule has 3 aromatic heterocycles. The zero-order chi connectivity index (χ0) is 16.4. The van der Waals surface area contributed by atoms with Crippen LogP contribution in [0.15, 0.2) is 41.4 Å². The van der Waals surface area contributed by atoms with E-state index in [0.717, 1.165) is 18.5 Å². The van der Waals surface area contributed by atoms with Crippen LogP contribution >= 0.6 is 11.6 Å². The summed E-state index contributed by atoms with van der Waals surface area (Å²) in [5, 5.41) is 8.91. The minimum absolute atomic E-state index is 0.191. The topological polar surface area (TPSA) is 78.9 Å². The van der Waals surface area contributed by atoms with Crippen molar-refractivity contribution in [2.45, 2.75) is 25.5 Å². The van der Waals surface area contributed by atoms with Gasteiger partial charge in [0.15, 0.2) is 5.82 Å². The number of ether oxygens (including phenoxy) is 1. The molecule has 24 heavy (non-hydrogen) atoms. The van der Waals surface area contributed by atoms with Gasteiger partial charge in [0, 0.05) is 50.3 Å². The zero-order valence-corrected chi connectivity index (χ0v) is 13.6. The molecule has 0 radical (unpaired) electrons. The Morgan fingerprint density at radius 1 is 1.33 bits per heavy atom. The molecule has 0 amide bonds. The molecule has 0 aliphatic carbocycles. The summed E-state index contributed by atoms with van der Waals surface area (Å²) in [6.45, 7) is 1.45. The number of nitrogens with zero attached hydrogens (tertiary/aromatic N) is 5. The molecule has 124 valence electrons. The van der Waals surface area contributed by atoms with E-state index >= 15 is 0 Å². The Morgan fingerprint density at radius 2 is 2.29 bits per heavy atom. The predicted octanol–water partition coefficient (Wildman–Crippen LogP) is 2.68. The maximum Gasteiger partial charge on any atom is 0.256 e. The molecule has 4 rings (SSSR count). The predicted molar refractivity (Wildman–Crippen MR) is 85.4 cm³/mol. The monoisotopic (exact) mass is 345 g/mol. The lowest BCUT2D eigenvalue weighted by Gasteiger charge is -2.14. The lowest BCUT2D eigenvalue weighted by Crippen LogP contribution is -2.15. The molecular weight excluding hydrogens is 330 g/mol. The number of hydrogen-bond donors (Lipinski definition) is 0. The normalized spacial score (nSPS) is 20.5. The van der Waals surface area contributed by atoms with Crippen molar-refractivity contribution in [1.82, 2.24) is 24.9 Å². The Labute approximate surface area is 143 Å². The van der Waals surface area contributed by atoms with Gasteiger partial charge < -0.3 is 9.26 Å². The van der Waals surface area contributed by atoms with Crippen molar-refractivity contribution in [1.29, 1.82) is 0 Å². The second kappa shape index (κ2) is 6.70. The van der Waals surface area contributed by atoms with Gasteiger partial charge in [0.1, 0.15) is 6.10 Å². The maximum atomic E-state index is 6.13. The highest BCUT2D eigenvalue weighted by Gasteiger charge is 2.34. The molecule has 4 heterocycles. The van der Waals surface area contributed by atoms with Crippen LogP contribution < -0.4 is 0 Å². The van der Waals surface area contributed by atoms with E-state index < -0.39 is 0 Å². The fraction of sp³-hybridized carbons (Fsp3) is 0.375. The van der Waals surface area contributed by atoms with E-state index in [9.17, 15) is 0 Å². The summed E-state index contributed by atoms with van der Waals surface area (Å²) in [4.78, 5) is 8.47. The lowest BCUT2D eigenvalue weighted by molar-refractivity contribution is 0.0578. The highest BCUT2D eigenvalue weighted by Crippen LogP contribution is 2.34. The molecule has 8 heteroatoms. The first kappa shape index (κ1) is 15.3. The molecule has 1 fully saturated rings. The molecule has 0 aromatic carbocycles. The molecule has 1 aliphatic rings. The number of halogens is 1. The fourth-order valence-corrected chi connectivity index (χ4v) is 3.10. The molecular formula is C16H16ClN5O2. The molecule has 1 aliphatic heterocycles. The van der Waals surface area contributed by atoms with Gasteiger partial charge in [-0.25, -0.2) is 0 Å². The number of rotatable bonds is 5. The van der Waals surface area contributed by atoms with Crippen molar-refractivity contribution in [3.05, 3.63) is 59.2 Å². The van der Waals surface area contributed by atoms with Gasteiger partial charge in [-0.05, 0) is 24.1 Å². The molecule has 1 saturated heterocycles. The minimum Gasteiger partial charge on any atom is -0.368 e. The van der Waals surface area contributed by atoms with Crippen LogP contribution in [0.3, 0.4) is 0 Å². The third kappa shape index (κ3) is 3.18. The van der Waals surface area contributed by atoms with Crippen LogP contribution in [0.4, 0.5) is 0 Å². The molecule has 0 unspecified atom stereocenters. The smallest absolute Gasteiger partial charge is 0.256 e.